The monoisotopic (exact) mass is 481 g/mol. The zero-order chi connectivity index (χ0) is 17.4. The third-order valence-corrected chi connectivity index (χ3v) is 6.98. The summed E-state index contributed by atoms with van der Waals surface area (Å²) in [5.41, 5.74) is 1.05. The van der Waals surface area contributed by atoms with Gasteiger partial charge in [0, 0.05) is 26.7 Å². The lowest BCUT2D eigenvalue weighted by atomic mass is 10.2. The van der Waals surface area contributed by atoms with E-state index in [2.05, 4.69) is 10.3 Å². The highest BCUT2D eigenvalue weighted by Crippen LogP contribution is 2.32. The van der Waals surface area contributed by atoms with E-state index in [-0.39, 0.29) is 36.5 Å². The van der Waals surface area contributed by atoms with Crippen molar-refractivity contribution in [3.8, 4) is 11.5 Å². The highest BCUT2D eigenvalue weighted by atomic mass is 127. The topological polar surface area (TPSA) is 80.2 Å². The van der Waals surface area contributed by atoms with Gasteiger partial charge in [-0.3, -0.25) is 4.99 Å². The first-order chi connectivity index (χ1) is 11.3. The third kappa shape index (κ3) is 4.13. The molecular weight excluding hydrogens is 457 g/mol. The van der Waals surface area contributed by atoms with E-state index in [1.54, 1.807) is 20.9 Å². The number of guanidine groups is 1. The van der Waals surface area contributed by atoms with E-state index in [0.717, 1.165) is 17.1 Å². The molecule has 1 N–H and O–H groups in total. The van der Waals surface area contributed by atoms with Gasteiger partial charge in [0.15, 0.2) is 27.3 Å². The second-order valence-electron chi connectivity index (χ2n) is 6.59. The minimum absolute atomic E-state index is 0. The van der Waals surface area contributed by atoms with Crippen LogP contribution in [0.4, 0.5) is 0 Å². The van der Waals surface area contributed by atoms with Gasteiger partial charge in [-0.05, 0) is 31.5 Å². The van der Waals surface area contributed by atoms with Gasteiger partial charge in [-0.15, -0.1) is 24.0 Å². The van der Waals surface area contributed by atoms with Crippen LogP contribution in [0, 0.1) is 0 Å². The van der Waals surface area contributed by atoms with Crippen molar-refractivity contribution in [2.75, 3.05) is 32.7 Å². The maximum absolute atomic E-state index is 12.1. The lowest BCUT2D eigenvalue weighted by Gasteiger charge is -2.39. The molecule has 0 saturated carbocycles. The first kappa shape index (κ1) is 20.1. The predicted molar refractivity (Wildman–Crippen MR) is 108 cm³/mol. The van der Waals surface area contributed by atoms with Crippen LogP contribution < -0.4 is 14.8 Å². The number of benzene rings is 1. The summed E-state index contributed by atoms with van der Waals surface area (Å²) in [5.74, 6) is 2.35. The molecule has 0 amide bonds. The van der Waals surface area contributed by atoms with Crippen LogP contribution in [-0.2, 0) is 16.4 Å². The molecule has 9 heteroatoms. The molecule has 2 heterocycles. The number of rotatable bonds is 2. The van der Waals surface area contributed by atoms with E-state index >= 15 is 0 Å². The van der Waals surface area contributed by atoms with Crippen LogP contribution in [0.15, 0.2) is 23.2 Å². The van der Waals surface area contributed by atoms with Crippen LogP contribution in [0.1, 0.15) is 19.4 Å². The number of hydrogen-bond acceptors (Lipinski definition) is 5. The van der Waals surface area contributed by atoms with E-state index in [9.17, 15) is 8.42 Å². The number of sulfone groups is 1. The molecule has 1 fully saturated rings. The second kappa shape index (κ2) is 7.56. The van der Waals surface area contributed by atoms with Crippen LogP contribution >= 0.6 is 24.0 Å². The SMILES string of the molecule is CN=C(NCc1ccc2c(c1)OCO2)N1CCS(=O)(=O)C(C)(C)C1.I. The summed E-state index contributed by atoms with van der Waals surface area (Å²) in [6.45, 7) is 5.24. The van der Waals surface area contributed by atoms with Crippen molar-refractivity contribution in [2.45, 2.75) is 25.1 Å². The van der Waals surface area contributed by atoms with Crippen molar-refractivity contribution >= 4 is 39.8 Å². The van der Waals surface area contributed by atoms with Gasteiger partial charge in [0.25, 0.3) is 0 Å². The highest BCUT2D eigenvalue weighted by molar-refractivity contribution is 14.0. The van der Waals surface area contributed by atoms with E-state index in [4.69, 9.17) is 9.47 Å². The summed E-state index contributed by atoms with van der Waals surface area (Å²) in [5, 5.41) is 3.30. The van der Waals surface area contributed by atoms with Crippen LogP contribution in [0.25, 0.3) is 0 Å². The zero-order valence-electron chi connectivity index (χ0n) is 14.6. The van der Waals surface area contributed by atoms with Crippen LogP contribution in [0.5, 0.6) is 11.5 Å². The molecule has 2 aliphatic heterocycles. The summed E-state index contributed by atoms with van der Waals surface area (Å²) in [7, 11) is -1.36. The number of aliphatic imine (C=N–C) groups is 1. The van der Waals surface area contributed by atoms with Gasteiger partial charge in [0.2, 0.25) is 6.79 Å². The summed E-state index contributed by atoms with van der Waals surface area (Å²) < 4.78 is 34.2. The molecule has 1 aromatic rings. The molecular formula is C16H24IN3O4S. The summed E-state index contributed by atoms with van der Waals surface area (Å²) >= 11 is 0. The quantitative estimate of drug-likeness (QED) is 0.393. The van der Waals surface area contributed by atoms with Crippen LogP contribution in [0.3, 0.4) is 0 Å². The molecule has 0 unspecified atom stereocenters. The number of ether oxygens (including phenoxy) is 2. The molecule has 2 aliphatic rings. The minimum Gasteiger partial charge on any atom is -0.454 e. The normalized spacial score (nSPS) is 20.8. The van der Waals surface area contributed by atoms with Crippen molar-refractivity contribution in [2.24, 2.45) is 4.99 Å². The Hall–Kier alpha value is -1.23. The summed E-state index contributed by atoms with van der Waals surface area (Å²) in [6.07, 6.45) is 0. The van der Waals surface area contributed by atoms with Gasteiger partial charge in [0.1, 0.15) is 0 Å². The molecule has 1 aromatic carbocycles. The number of halogens is 1. The van der Waals surface area contributed by atoms with E-state index in [0.29, 0.717) is 25.6 Å². The number of nitrogens with one attached hydrogen (secondary N) is 1. The lowest BCUT2D eigenvalue weighted by Crippen LogP contribution is -2.57. The predicted octanol–water partition coefficient (Wildman–Crippen LogP) is 1.62. The third-order valence-electron chi connectivity index (χ3n) is 4.44. The molecule has 140 valence electrons. The van der Waals surface area contributed by atoms with Gasteiger partial charge < -0.3 is 19.7 Å². The highest BCUT2D eigenvalue weighted by Gasteiger charge is 2.40. The maximum atomic E-state index is 12.1. The Morgan fingerprint density at radius 2 is 2.04 bits per heavy atom. The largest absolute Gasteiger partial charge is 0.454 e. The molecule has 25 heavy (non-hydrogen) atoms. The summed E-state index contributed by atoms with van der Waals surface area (Å²) in [4.78, 5) is 6.29. The maximum Gasteiger partial charge on any atom is 0.231 e. The molecule has 0 atom stereocenters. The number of fused-ring (bicyclic) bond motifs is 1. The van der Waals surface area contributed by atoms with Crippen molar-refractivity contribution in [1.29, 1.82) is 0 Å². The average Bonchev–Trinajstić information content (AvgIpc) is 2.99. The Labute approximate surface area is 165 Å². The Balaban J connectivity index is 0.00000225. The first-order valence-electron chi connectivity index (χ1n) is 7.89. The second-order valence-corrected chi connectivity index (χ2v) is 9.33. The fourth-order valence-corrected chi connectivity index (χ4v) is 4.25. The Bertz CT molecular complexity index is 765. The van der Waals surface area contributed by atoms with E-state index < -0.39 is 14.6 Å². The Morgan fingerprint density at radius 1 is 1.32 bits per heavy atom. The van der Waals surface area contributed by atoms with Crippen LogP contribution in [0.2, 0.25) is 0 Å². The van der Waals surface area contributed by atoms with Crippen LogP contribution in [-0.4, -0.2) is 56.7 Å². The fourth-order valence-electron chi connectivity index (χ4n) is 2.89. The molecule has 0 spiro atoms. The minimum atomic E-state index is -3.06. The molecule has 0 radical (unpaired) electrons. The van der Waals surface area contributed by atoms with Gasteiger partial charge >= 0.3 is 0 Å². The lowest BCUT2D eigenvalue weighted by molar-refractivity contribution is 0.174. The van der Waals surface area contributed by atoms with Crippen molar-refractivity contribution < 1.29 is 17.9 Å². The van der Waals surface area contributed by atoms with E-state index in [1.807, 2.05) is 23.1 Å². The smallest absolute Gasteiger partial charge is 0.231 e. The summed E-state index contributed by atoms with van der Waals surface area (Å²) in [6, 6.07) is 5.80. The van der Waals surface area contributed by atoms with Gasteiger partial charge in [-0.25, -0.2) is 8.42 Å². The zero-order valence-corrected chi connectivity index (χ0v) is 17.8. The number of nitrogens with zero attached hydrogens (tertiary/aromatic N) is 2. The number of hydrogen-bond donors (Lipinski definition) is 1. The van der Waals surface area contributed by atoms with Crippen molar-refractivity contribution in [1.82, 2.24) is 10.2 Å². The Morgan fingerprint density at radius 3 is 2.72 bits per heavy atom. The fraction of sp³-hybridized carbons (Fsp3) is 0.562. The van der Waals surface area contributed by atoms with E-state index in [1.165, 1.54) is 0 Å². The van der Waals surface area contributed by atoms with Gasteiger partial charge in [0.05, 0.1) is 10.5 Å². The Kier molecular flexibility index (Phi) is 6.08. The van der Waals surface area contributed by atoms with Crippen molar-refractivity contribution in [3.05, 3.63) is 23.8 Å². The first-order valence-corrected chi connectivity index (χ1v) is 9.54. The van der Waals surface area contributed by atoms with Gasteiger partial charge in [-0.2, -0.15) is 0 Å². The molecule has 1 saturated heterocycles. The standard InChI is InChI=1S/C16H23N3O4S.HI/c1-16(2)10-19(6-7-24(16,20)21)15(17-3)18-9-12-4-5-13-14(8-12)23-11-22-13;/h4-5,8H,6-7,9-11H2,1-3H3,(H,17,18);1H. The molecule has 3 rings (SSSR count). The van der Waals surface area contributed by atoms with Gasteiger partial charge in [-0.1, -0.05) is 6.07 Å². The molecule has 0 bridgehead atoms. The molecule has 0 aromatic heterocycles. The molecule has 7 nitrogen and oxygen atoms in total. The average molecular weight is 481 g/mol. The molecule has 0 aliphatic carbocycles. The van der Waals surface area contributed by atoms with Crippen molar-refractivity contribution in [3.63, 3.8) is 0 Å².